The molecule has 1 N–H and O–H groups in total. The van der Waals surface area contributed by atoms with Crippen LogP contribution in [0.15, 0.2) is 20.0 Å². The SMILES string of the molecule is Cc1noc(CCNc2cnn(CC3CC3)c(=O)c2Br)n1. The fourth-order valence-electron chi connectivity index (χ4n) is 2.01. The summed E-state index contributed by atoms with van der Waals surface area (Å²) >= 11 is 3.34. The van der Waals surface area contributed by atoms with Crippen molar-refractivity contribution in [1.29, 1.82) is 0 Å². The van der Waals surface area contributed by atoms with Gasteiger partial charge in [-0.2, -0.15) is 10.1 Å². The molecule has 2 aromatic rings. The lowest BCUT2D eigenvalue weighted by molar-refractivity contribution is 0.377. The number of hydrogen-bond donors (Lipinski definition) is 1. The van der Waals surface area contributed by atoms with Crippen molar-refractivity contribution in [3.8, 4) is 0 Å². The molecule has 0 atom stereocenters. The molecule has 0 bridgehead atoms. The number of rotatable bonds is 6. The van der Waals surface area contributed by atoms with E-state index in [-0.39, 0.29) is 5.56 Å². The molecule has 0 saturated heterocycles. The quantitative estimate of drug-likeness (QED) is 0.851. The molecular formula is C13H16BrN5O2. The molecule has 0 unspecified atom stereocenters. The Labute approximate surface area is 129 Å². The van der Waals surface area contributed by atoms with E-state index in [0.29, 0.717) is 47.3 Å². The number of halogens is 1. The molecule has 112 valence electrons. The van der Waals surface area contributed by atoms with Crippen LogP contribution in [0.4, 0.5) is 5.69 Å². The van der Waals surface area contributed by atoms with Crippen LogP contribution >= 0.6 is 15.9 Å². The van der Waals surface area contributed by atoms with Gasteiger partial charge in [0.05, 0.1) is 11.9 Å². The van der Waals surface area contributed by atoms with E-state index < -0.39 is 0 Å². The molecule has 1 saturated carbocycles. The van der Waals surface area contributed by atoms with E-state index in [1.807, 2.05) is 0 Å². The molecule has 0 amide bonds. The highest BCUT2D eigenvalue weighted by atomic mass is 79.9. The molecule has 8 heteroatoms. The molecule has 7 nitrogen and oxygen atoms in total. The molecule has 1 fully saturated rings. The molecule has 1 aliphatic carbocycles. The molecule has 0 aliphatic heterocycles. The minimum Gasteiger partial charge on any atom is -0.382 e. The van der Waals surface area contributed by atoms with Crippen molar-refractivity contribution in [1.82, 2.24) is 19.9 Å². The summed E-state index contributed by atoms with van der Waals surface area (Å²) in [7, 11) is 0. The van der Waals surface area contributed by atoms with Gasteiger partial charge in [-0.15, -0.1) is 0 Å². The van der Waals surface area contributed by atoms with Crippen molar-refractivity contribution in [2.24, 2.45) is 5.92 Å². The van der Waals surface area contributed by atoms with E-state index in [9.17, 15) is 4.79 Å². The van der Waals surface area contributed by atoms with Gasteiger partial charge >= 0.3 is 0 Å². The van der Waals surface area contributed by atoms with Gasteiger partial charge in [0.15, 0.2) is 5.82 Å². The van der Waals surface area contributed by atoms with Crippen LogP contribution < -0.4 is 10.9 Å². The number of nitrogens with zero attached hydrogens (tertiary/aromatic N) is 4. The molecule has 0 radical (unpaired) electrons. The van der Waals surface area contributed by atoms with Crippen molar-refractivity contribution < 1.29 is 4.52 Å². The number of hydrogen-bond acceptors (Lipinski definition) is 6. The van der Waals surface area contributed by atoms with Gasteiger partial charge in [-0.1, -0.05) is 5.16 Å². The van der Waals surface area contributed by atoms with Crippen LogP contribution in [0.5, 0.6) is 0 Å². The lowest BCUT2D eigenvalue weighted by atomic mass is 10.3. The highest BCUT2D eigenvalue weighted by molar-refractivity contribution is 9.10. The zero-order valence-corrected chi connectivity index (χ0v) is 13.3. The minimum atomic E-state index is -0.0967. The van der Waals surface area contributed by atoms with Gasteiger partial charge in [0.1, 0.15) is 4.47 Å². The van der Waals surface area contributed by atoms with Gasteiger partial charge in [0.25, 0.3) is 5.56 Å². The van der Waals surface area contributed by atoms with Gasteiger partial charge in [-0.25, -0.2) is 4.68 Å². The summed E-state index contributed by atoms with van der Waals surface area (Å²) in [5.41, 5.74) is 0.587. The van der Waals surface area contributed by atoms with Gasteiger partial charge in [-0.05, 0) is 41.6 Å². The maximum atomic E-state index is 12.2. The van der Waals surface area contributed by atoms with Crippen LogP contribution in [0.25, 0.3) is 0 Å². The van der Waals surface area contributed by atoms with Crippen molar-refractivity contribution in [2.75, 3.05) is 11.9 Å². The maximum Gasteiger partial charge on any atom is 0.283 e. The Hall–Kier alpha value is -1.70. The zero-order valence-electron chi connectivity index (χ0n) is 11.7. The Morgan fingerprint density at radius 3 is 3.00 bits per heavy atom. The summed E-state index contributed by atoms with van der Waals surface area (Å²) in [6.07, 6.45) is 4.65. The van der Waals surface area contributed by atoms with E-state index in [1.54, 1.807) is 13.1 Å². The number of aryl methyl sites for hydroxylation is 1. The second kappa shape index (κ2) is 5.97. The summed E-state index contributed by atoms with van der Waals surface area (Å²) in [5.74, 6) is 1.81. The molecule has 0 spiro atoms. The van der Waals surface area contributed by atoms with E-state index in [0.717, 1.165) is 0 Å². The lowest BCUT2D eigenvalue weighted by Gasteiger charge is -2.09. The first-order valence-corrected chi connectivity index (χ1v) is 7.71. The van der Waals surface area contributed by atoms with Crippen LogP contribution in [0.1, 0.15) is 24.6 Å². The van der Waals surface area contributed by atoms with E-state index in [1.165, 1.54) is 17.5 Å². The van der Waals surface area contributed by atoms with Crippen LogP contribution in [-0.4, -0.2) is 26.5 Å². The highest BCUT2D eigenvalue weighted by Gasteiger charge is 2.23. The topological polar surface area (TPSA) is 85.8 Å². The summed E-state index contributed by atoms with van der Waals surface area (Å²) in [6.45, 7) is 3.08. The predicted octanol–water partition coefficient (Wildman–Crippen LogP) is 1.76. The number of anilines is 1. The number of aromatic nitrogens is 4. The number of nitrogens with one attached hydrogen (secondary N) is 1. The zero-order chi connectivity index (χ0) is 14.8. The highest BCUT2D eigenvalue weighted by Crippen LogP contribution is 2.30. The van der Waals surface area contributed by atoms with Gasteiger partial charge in [0, 0.05) is 19.5 Å². The van der Waals surface area contributed by atoms with Crippen LogP contribution in [-0.2, 0) is 13.0 Å². The first-order valence-electron chi connectivity index (χ1n) is 6.92. The average molecular weight is 354 g/mol. The first-order chi connectivity index (χ1) is 10.1. The van der Waals surface area contributed by atoms with Gasteiger partial charge < -0.3 is 9.84 Å². The normalized spacial score (nSPS) is 14.4. The predicted molar refractivity (Wildman–Crippen MR) is 80.1 cm³/mol. The monoisotopic (exact) mass is 353 g/mol. The minimum absolute atomic E-state index is 0.0967. The standard InChI is InChI=1S/C13H16BrN5O2/c1-8-17-11(21-18-8)4-5-15-10-6-16-19(7-9-2-3-9)13(20)12(10)14/h6,9,15H,2-5,7H2,1H3. The van der Waals surface area contributed by atoms with Gasteiger partial charge in [0.2, 0.25) is 5.89 Å². The second-order valence-corrected chi connectivity index (χ2v) is 6.01. The fraction of sp³-hybridized carbons (Fsp3) is 0.538. The van der Waals surface area contributed by atoms with Crippen LogP contribution in [0.2, 0.25) is 0 Å². The molecule has 2 aromatic heterocycles. The summed E-state index contributed by atoms with van der Waals surface area (Å²) in [6, 6.07) is 0. The van der Waals surface area contributed by atoms with Crippen molar-refractivity contribution in [2.45, 2.75) is 32.7 Å². The lowest BCUT2D eigenvalue weighted by Crippen LogP contribution is -2.25. The third-order valence-corrected chi connectivity index (χ3v) is 4.10. The van der Waals surface area contributed by atoms with Crippen LogP contribution in [0.3, 0.4) is 0 Å². The summed E-state index contributed by atoms with van der Waals surface area (Å²) < 4.78 is 7.07. The Bertz CT molecular complexity index is 692. The first kappa shape index (κ1) is 14.2. The summed E-state index contributed by atoms with van der Waals surface area (Å²) in [4.78, 5) is 16.3. The van der Waals surface area contributed by atoms with E-state index in [2.05, 4.69) is 36.5 Å². The van der Waals surface area contributed by atoms with Crippen molar-refractivity contribution in [3.05, 3.63) is 32.7 Å². The smallest absolute Gasteiger partial charge is 0.283 e. The Morgan fingerprint density at radius 1 is 1.52 bits per heavy atom. The largest absolute Gasteiger partial charge is 0.382 e. The van der Waals surface area contributed by atoms with Crippen molar-refractivity contribution in [3.63, 3.8) is 0 Å². The molecular weight excluding hydrogens is 338 g/mol. The van der Waals surface area contributed by atoms with E-state index >= 15 is 0 Å². The average Bonchev–Trinajstić information content (AvgIpc) is 3.19. The third kappa shape index (κ3) is 3.49. The fourth-order valence-corrected chi connectivity index (χ4v) is 2.46. The molecule has 21 heavy (non-hydrogen) atoms. The molecule has 3 rings (SSSR count). The Kier molecular flexibility index (Phi) is 4.05. The maximum absolute atomic E-state index is 12.2. The molecule has 0 aromatic carbocycles. The molecule has 2 heterocycles. The Balaban J connectivity index is 1.62. The second-order valence-electron chi connectivity index (χ2n) is 5.21. The molecule has 1 aliphatic rings. The van der Waals surface area contributed by atoms with Crippen molar-refractivity contribution >= 4 is 21.6 Å². The van der Waals surface area contributed by atoms with E-state index in [4.69, 9.17) is 4.52 Å². The third-order valence-electron chi connectivity index (χ3n) is 3.34. The Morgan fingerprint density at radius 2 is 2.33 bits per heavy atom. The van der Waals surface area contributed by atoms with Gasteiger partial charge in [-0.3, -0.25) is 4.79 Å². The van der Waals surface area contributed by atoms with Crippen LogP contribution in [0, 0.1) is 12.8 Å². The summed E-state index contributed by atoms with van der Waals surface area (Å²) in [5, 5.41) is 11.1.